The SMILES string of the molecule is CCCCC#C[C@@](C)(O)[Si](C)(C)c1ccccc1. The van der Waals surface area contributed by atoms with Crippen molar-refractivity contribution in [2.45, 2.75) is 51.4 Å². The van der Waals surface area contributed by atoms with Crippen molar-refractivity contribution in [1.82, 2.24) is 0 Å². The molecule has 0 fully saturated rings. The van der Waals surface area contributed by atoms with E-state index in [2.05, 4.69) is 44.0 Å². The van der Waals surface area contributed by atoms with Crippen molar-refractivity contribution in [2.75, 3.05) is 0 Å². The standard InChI is InChI=1S/C16H24OSi/c1-5-6-7-11-14-16(2,17)18(3,4)15-12-9-8-10-13-15/h8-10,12-13,17H,5-7H2,1-4H3/t16-/m0/s1. The predicted molar refractivity (Wildman–Crippen MR) is 81.5 cm³/mol. The van der Waals surface area contributed by atoms with Gasteiger partial charge in [-0.05, 0) is 13.3 Å². The van der Waals surface area contributed by atoms with E-state index >= 15 is 0 Å². The van der Waals surface area contributed by atoms with Crippen molar-refractivity contribution in [3.63, 3.8) is 0 Å². The number of unbranched alkanes of at least 4 members (excludes halogenated alkanes) is 2. The molecule has 0 amide bonds. The van der Waals surface area contributed by atoms with Gasteiger partial charge in [0.15, 0.2) is 0 Å². The third kappa shape index (κ3) is 3.47. The molecule has 0 unspecified atom stereocenters. The molecule has 0 spiro atoms. The van der Waals surface area contributed by atoms with Crippen LogP contribution in [-0.2, 0) is 0 Å². The van der Waals surface area contributed by atoms with E-state index in [0.717, 1.165) is 19.3 Å². The Morgan fingerprint density at radius 1 is 1.22 bits per heavy atom. The first-order valence-electron chi connectivity index (χ1n) is 6.69. The van der Waals surface area contributed by atoms with Gasteiger partial charge < -0.3 is 5.11 Å². The molecule has 1 atom stereocenters. The highest BCUT2D eigenvalue weighted by Gasteiger charge is 2.41. The van der Waals surface area contributed by atoms with Crippen LogP contribution in [0.4, 0.5) is 0 Å². The van der Waals surface area contributed by atoms with Crippen molar-refractivity contribution in [3.8, 4) is 11.8 Å². The Labute approximate surface area is 112 Å². The zero-order chi connectivity index (χ0) is 13.6. The largest absolute Gasteiger partial charge is 0.381 e. The van der Waals surface area contributed by atoms with Gasteiger partial charge in [-0.2, -0.15) is 0 Å². The summed E-state index contributed by atoms with van der Waals surface area (Å²) in [7, 11) is -1.99. The zero-order valence-electron chi connectivity index (χ0n) is 12.0. The molecule has 0 saturated carbocycles. The van der Waals surface area contributed by atoms with Gasteiger partial charge in [0.1, 0.15) is 13.3 Å². The summed E-state index contributed by atoms with van der Waals surface area (Å²) in [6, 6.07) is 10.3. The van der Waals surface area contributed by atoms with Crippen LogP contribution in [-0.4, -0.2) is 18.4 Å². The van der Waals surface area contributed by atoms with Gasteiger partial charge in [0, 0.05) is 6.42 Å². The molecule has 0 radical (unpaired) electrons. The summed E-state index contributed by atoms with van der Waals surface area (Å²) in [5, 5.41) is 11.1. The summed E-state index contributed by atoms with van der Waals surface area (Å²) < 4.78 is 0. The summed E-state index contributed by atoms with van der Waals surface area (Å²) in [5.74, 6) is 6.24. The van der Waals surface area contributed by atoms with Crippen LogP contribution in [0.3, 0.4) is 0 Å². The third-order valence-electron chi connectivity index (χ3n) is 3.70. The maximum Gasteiger partial charge on any atom is 0.131 e. The lowest BCUT2D eigenvalue weighted by molar-refractivity contribution is 0.198. The van der Waals surface area contributed by atoms with Gasteiger partial charge in [-0.1, -0.05) is 67.9 Å². The minimum absolute atomic E-state index is 0.873. The summed E-state index contributed by atoms with van der Waals surface area (Å²) in [4.78, 5) is 0. The van der Waals surface area contributed by atoms with Crippen molar-refractivity contribution >= 4 is 13.3 Å². The molecule has 0 heterocycles. The second-order valence-electron chi connectivity index (χ2n) is 5.47. The minimum Gasteiger partial charge on any atom is -0.381 e. The average Bonchev–Trinajstić information content (AvgIpc) is 2.35. The number of rotatable bonds is 4. The summed E-state index contributed by atoms with van der Waals surface area (Å²) in [6.07, 6.45) is 3.14. The van der Waals surface area contributed by atoms with E-state index < -0.39 is 13.3 Å². The van der Waals surface area contributed by atoms with E-state index in [1.165, 1.54) is 5.19 Å². The first kappa shape index (κ1) is 15.0. The lowest BCUT2D eigenvalue weighted by Crippen LogP contribution is -2.60. The van der Waals surface area contributed by atoms with Crippen LogP contribution < -0.4 is 5.19 Å². The minimum atomic E-state index is -1.99. The number of aliphatic hydroxyl groups is 1. The summed E-state index contributed by atoms with van der Waals surface area (Å²) in [6.45, 7) is 8.38. The quantitative estimate of drug-likeness (QED) is 0.501. The molecule has 1 aromatic rings. The van der Waals surface area contributed by atoms with Crippen molar-refractivity contribution in [2.24, 2.45) is 0 Å². The van der Waals surface area contributed by atoms with Crippen LogP contribution >= 0.6 is 0 Å². The van der Waals surface area contributed by atoms with E-state index in [-0.39, 0.29) is 0 Å². The van der Waals surface area contributed by atoms with Gasteiger partial charge in [0.25, 0.3) is 0 Å². The highest BCUT2D eigenvalue weighted by molar-refractivity contribution is 6.92. The molecule has 98 valence electrons. The summed E-state index contributed by atoms with van der Waals surface area (Å²) >= 11 is 0. The second-order valence-corrected chi connectivity index (χ2v) is 10.3. The van der Waals surface area contributed by atoms with Crippen molar-refractivity contribution in [1.29, 1.82) is 0 Å². The molecule has 0 aliphatic heterocycles. The van der Waals surface area contributed by atoms with Crippen LogP contribution in [0.15, 0.2) is 30.3 Å². The molecule has 1 N–H and O–H groups in total. The Hall–Kier alpha value is -1.04. The Balaban J connectivity index is 2.91. The van der Waals surface area contributed by atoms with Crippen LogP contribution in [0, 0.1) is 11.8 Å². The lowest BCUT2D eigenvalue weighted by atomic mass is 10.2. The highest BCUT2D eigenvalue weighted by atomic mass is 28.3. The third-order valence-corrected chi connectivity index (χ3v) is 8.04. The van der Waals surface area contributed by atoms with E-state index in [1.54, 1.807) is 0 Å². The Morgan fingerprint density at radius 3 is 2.39 bits per heavy atom. The van der Waals surface area contributed by atoms with Crippen molar-refractivity contribution in [3.05, 3.63) is 30.3 Å². The smallest absolute Gasteiger partial charge is 0.131 e. The van der Waals surface area contributed by atoms with Gasteiger partial charge in [-0.25, -0.2) is 0 Å². The first-order chi connectivity index (χ1) is 8.42. The van der Waals surface area contributed by atoms with E-state index in [0.29, 0.717) is 0 Å². The molecule has 0 bridgehead atoms. The highest BCUT2D eigenvalue weighted by Crippen LogP contribution is 2.19. The van der Waals surface area contributed by atoms with Gasteiger partial charge in [0.2, 0.25) is 0 Å². The van der Waals surface area contributed by atoms with E-state index in [9.17, 15) is 5.11 Å². The molecular formula is C16H24OSi. The fraction of sp³-hybridized carbons (Fsp3) is 0.500. The molecule has 1 rings (SSSR count). The fourth-order valence-electron chi connectivity index (χ4n) is 1.79. The van der Waals surface area contributed by atoms with Gasteiger partial charge in [-0.15, -0.1) is 5.92 Å². The lowest BCUT2D eigenvalue weighted by Gasteiger charge is -2.34. The summed E-state index contributed by atoms with van der Waals surface area (Å²) in [5.41, 5.74) is 0. The van der Waals surface area contributed by atoms with Crippen LogP contribution in [0.1, 0.15) is 33.1 Å². The maximum atomic E-state index is 10.7. The van der Waals surface area contributed by atoms with Crippen LogP contribution in [0.25, 0.3) is 0 Å². The van der Waals surface area contributed by atoms with E-state index in [1.807, 2.05) is 25.1 Å². The van der Waals surface area contributed by atoms with Crippen molar-refractivity contribution < 1.29 is 5.11 Å². The second kappa shape index (κ2) is 6.22. The molecule has 1 nitrogen and oxygen atoms in total. The zero-order valence-corrected chi connectivity index (χ0v) is 13.0. The number of benzene rings is 1. The predicted octanol–water partition coefficient (Wildman–Crippen LogP) is 3.09. The average molecular weight is 260 g/mol. The van der Waals surface area contributed by atoms with Crippen LogP contribution in [0.5, 0.6) is 0 Å². The molecule has 0 saturated heterocycles. The number of hydrogen-bond donors (Lipinski definition) is 1. The molecule has 0 aliphatic carbocycles. The van der Waals surface area contributed by atoms with Crippen LogP contribution in [0.2, 0.25) is 13.1 Å². The molecule has 0 aliphatic rings. The molecule has 2 heteroatoms. The van der Waals surface area contributed by atoms with E-state index in [4.69, 9.17) is 0 Å². The van der Waals surface area contributed by atoms with Gasteiger partial charge >= 0.3 is 0 Å². The Kier molecular flexibility index (Phi) is 5.19. The number of hydrogen-bond acceptors (Lipinski definition) is 1. The first-order valence-corrected chi connectivity index (χ1v) is 9.69. The monoisotopic (exact) mass is 260 g/mol. The molecular weight excluding hydrogens is 236 g/mol. The molecule has 18 heavy (non-hydrogen) atoms. The topological polar surface area (TPSA) is 20.2 Å². The molecule has 1 aromatic carbocycles. The molecule has 0 aromatic heterocycles. The van der Waals surface area contributed by atoms with Gasteiger partial charge in [0.05, 0.1) is 0 Å². The normalized spacial score (nSPS) is 14.5. The Morgan fingerprint density at radius 2 is 1.83 bits per heavy atom. The maximum absolute atomic E-state index is 10.7. The van der Waals surface area contributed by atoms with Gasteiger partial charge in [-0.3, -0.25) is 0 Å². The fourth-order valence-corrected chi connectivity index (χ4v) is 3.78. The Bertz CT molecular complexity index is 423.